The number of aromatic hydroxyl groups is 1. The fraction of sp³-hybridized carbons (Fsp3) is 0.214. The van der Waals surface area contributed by atoms with Gasteiger partial charge in [-0.15, -0.1) is 0 Å². The minimum Gasteiger partial charge on any atom is -0.506 e. The van der Waals surface area contributed by atoms with Crippen LogP contribution in [0, 0.1) is 5.92 Å². The van der Waals surface area contributed by atoms with Gasteiger partial charge in [0.05, 0.1) is 12.0 Å². The van der Waals surface area contributed by atoms with E-state index in [1.165, 1.54) is 12.1 Å². The molecule has 1 aromatic carbocycles. The van der Waals surface area contributed by atoms with Gasteiger partial charge in [0.2, 0.25) is 5.91 Å². The number of anilines is 1. The zero-order valence-corrected chi connectivity index (χ0v) is 10.7. The van der Waals surface area contributed by atoms with E-state index in [-0.39, 0.29) is 23.5 Å². The van der Waals surface area contributed by atoms with Crippen molar-refractivity contribution in [3.63, 3.8) is 0 Å². The highest BCUT2D eigenvalue weighted by molar-refractivity contribution is 6.31. The average molecular weight is 278 g/mol. The number of hydrogen-bond donors (Lipinski definition) is 2. The van der Waals surface area contributed by atoms with Gasteiger partial charge < -0.3 is 14.8 Å². The molecule has 4 nitrogen and oxygen atoms in total. The van der Waals surface area contributed by atoms with Crippen LogP contribution >= 0.6 is 11.6 Å². The smallest absolute Gasteiger partial charge is 0.228 e. The van der Waals surface area contributed by atoms with Crippen molar-refractivity contribution in [2.45, 2.75) is 12.3 Å². The second-order valence-corrected chi connectivity index (χ2v) is 5.05. The van der Waals surface area contributed by atoms with Crippen molar-refractivity contribution in [1.29, 1.82) is 0 Å². The Labute approximate surface area is 115 Å². The average Bonchev–Trinajstić information content (AvgIpc) is 3.00. The summed E-state index contributed by atoms with van der Waals surface area (Å²) < 4.78 is 5.28. The SMILES string of the molecule is O=C(Nc1cc(Cl)ccc1O)[C@@H]1C[C@H]1c1ccco1. The molecule has 1 saturated carbocycles. The van der Waals surface area contributed by atoms with Gasteiger partial charge in [0.25, 0.3) is 0 Å². The molecule has 3 rings (SSSR count). The lowest BCUT2D eigenvalue weighted by molar-refractivity contribution is -0.117. The normalized spacial score (nSPS) is 21.1. The Morgan fingerprint density at radius 1 is 1.42 bits per heavy atom. The number of carbonyl (C=O) groups is 1. The summed E-state index contributed by atoms with van der Waals surface area (Å²) >= 11 is 5.83. The Hall–Kier alpha value is -1.94. The van der Waals surface area contributed by atoms with Crippen molar-refractivity contribution in [2.75, 3.05) is 5.32 Å². The van der Waals surface area contributed by atoms with Crippen LogP contribution in [0.2, 0.25) is 5.02 Å². The number of halogens is 1. The third-order valence-electron chi connectivity index (χ3n) is 3.25. The van der Waals surface area contributed by atoms with Crippen LogP contribution < -0.4 is 5.32 Å². The van der Waals surface area contributed by atoms with Crippen LogP contribution in [0.15, 0.2) is 41.0 Å². The first-order valence-electron chi connectivity index (χ1n) is 5.98. The monoisotopic (exact) mass is 277 g/mol. The predicted octanol–water partition coefficient (Wildman–Crippen LogP) is 3.38. The number of furan rings is 1. The summed E-state index contributed by atoms with van der Waals surface area (Å²) in [4.78, 5) is 12.0. The van der Waals surface area contributed by atoms with Gasteiger partial charge in [-0.25, -0.2) is 0 Å². The third kappa shape index (κ3) is 2.44. The van der Waals surface area contributed by atoms with E-state index in [0.29, 0.717) is 10.7 Å². The molecular formula is C14H12ClNO3. The molecule has 98 valence electrons. The molecule has 0 radical (unpaired) electrons. The number of rotatable bonds is 3. The molecule has 1 amide bonds. The van der Waals surface area contributed by atoms with Gasteiger partial charge in [-0.3, -0.25) is 4.79 Å². The summed E-state index contributed by atoms with van der Waals surface area (Å²) in [7, 11) is 0. The summed E-state index contributed by atoms with van der Waals surface area (Å²) in [6.45, 7) is 0. The molecule has 1 aliphatic carbocycles. The Bertz CT molecular complexity index is 609. The highest BCUT2D eigenvalue weighted by atomic mass is 35.5. The second-order valence-electron chi connectivity index (χ2n) is 4.61. The van der Waals surface area contributed by atoms with Gasteiger partial charge in [-0.2, -0.15) is 0 Å². The summed E-state index contributed by atoms with van der Waals surface area (Å²) in [6, 6.07) is 8.23. The molecule has 2 N–H and O–H groups in total. The number of amides is 1. The number of carbonyl (C=O) groups excluding carboxylic acids is 1. The first-order chi connectivity index (χ1) is 9.15. The maximum atomic E-state index is 12.0. The van der Waals surface area contributed by atoms with Crippen LogP contribution in [-0.4, -0.2) is 11.0 Å². The number of benzene rings is 1. The van der Waals surface area contributed by atoms with Crippen LogP contribution in [0.4, 0.5) is 5.69 Å². The van der Waals surface area contributed by atoms with Gasteiger partial charge in [0, 0.05) is 16.9 Å². The molecule has 0 saturated heterocycles. The van der Waals surface area contributed by atoms with E-state index in [2.05, 4.69) is 5.32 Å². The number of hydrogen-bond acceptors (Lipinski definition) is 3. The molecule has 1 fully saturated rings. The molecule has 1 heterocycles. The molecule has 0 unspecified atom stereocenters. The maximum absolute atomic E-state index is 12.0. The summed E-state index contributed by atoms with van der Waals surface area (Å²) in [5, 5.41) is 12.8. The molecule has 1 aromatic heterocycles. The van der Waals surface area contributed by atoms with E-state index in [4.69, 9.17) is 16.0 Å². The number of phenolic OH excluding ortho intramolecular Hbond substituents is 1. The Kier molecular flexibility index (Phi) is 2.95. The fourth-order valence-electron chi connectivity index (χ4n) is 2.14. The summed E-state index contributed by atoms with van der Waals surface area (Å²) in [5.41, 5.74) is 0.336. The van der Waals surface area contributed by atoms with E-state index in [0.717, 1.165) is 12.2 Å². The first-order valence-corrected chi connectivity index (χ1v) is 6.36. The van der Waals surface area contributed by atoms with Crippen molar-refractivity contribution >= 4 is 23.2 Å². The van der Waals surface area contributed by atoms with Crippen LogP contribution in [0.1, 0.15) is 18.1 Å². The Morgan fingerprint density at radius 3 is 3.00 bits per heavy atom. The van der Waals surface area contributed by atoms with Crippen LogP contribution in [-0.2, 0) is 4.79 Å². The van der Waals surface area contributed by atoms with Crippen molar-refractivity contribution in [3.8, 4) is 5.75 Å². The van der Waals surface area contributed by atoms with Crippen molar-refractivity contribution in [2.24, 2.45) is 5.92 Å². The molecule has 0 aliphatic heterocycles. The highest BCUT2D eigenvalue weighted by Crippen LogP contribution is 2.48. The van der Waals surface area contributed by atoms with E-state index < -0.39 is 0 Å². The number of nitrogens with one attached hydrogen (secondary N) is 1. The van der Waals surface area contributed by atoms with Gasteiger partial charge in [0.15, 0.2) is 0 Å². The fourth-order valence-corrected chi connectivity index (χ4v) is 2.31. The quantitative estimate of drug-likeness (QED) is 0.846. The third-order valence-corrected chi connectivity index (χ3v) is 3.49. The molecule has 2 atom stereocenters. The van der Waals surface area contributed by atoms with Crippen molar-refractivity contribution in [3.05, 3.63) is 47.4 Å². The Morgan fingerprint density at radius 2 is 2.26 bits per heavy atom. The van der Waals surface area contributed by atoms with Gasteiger partial charge in [0.1, 0.15) is 11.5 Å². The lowest BCUT2D eigenvalue weighted by atomic mass is 10.2. The van der Waals surface area contributed by atoms with Crippen LogP contribution in [0.3, 0.4) is 0 Å². The molecule has 2 aromatic rings. The van der Waals surface area contributed by atoms with E-state index in [9.17, 15) is 9.90 Å². The van der Waals surface area contributed by atoms with E-state index in [1.54, 1.807) is 12.3 Å². The highest BCUT2D eigenvalue weighted by Gasteiger charge is 2.45. The maximum Gasteiger partial charge on any atom is 0.228 e. The second kappa shape index (κ2) is 4.63. The standard InChI is InChI=1S/C14H12ClNO3/c15-8-3-4-12(17)11(6-8)16-14(18)10-7-9(10)13-2-1-5-19-13/h1-6,9-10,17H,7H2,(H,16,18)/t9-,10-/m1/s1. The minimum atomic E-state index is -0.126. The predicted molar refractivity (Wildman–Crippen MR) is 71.3 cm³/mol. The molecule has 5 heteroatoms. The van der Waals surface area contributed by atoms with Gasteiger partial charge in [-0.05, 0) is 36.8 Å². The molecule has 1 aliphatic rings. The number of phenols is 1. The molecular weight excluding hydrogens is 266 g/mol. The topological polar surface area (TPSA) is 62.5 Å². The summed E-state index contributed by atoms with van der Waals surface area (Å²) in [5.74, 6) is 0.739. The van der Waals surface area contributed by atoms with E-state index >= 15 is 0 Å². The molecule has 0 bridgehead atoms. The molecule has 19 heavy (non-hydrogen) atoms. The van der Waals surface area contributed by atoms with Crippen LogP contribution in [0.5, 0.6) is 5.75 Å². The minimum absolute atomic E-state index is 0.00736. The van der Waals surface area contributed by atoms with Crippen molar-refractivity contribution in [1.82, 2.24) is 0 Å². The van der Waals surface area contributed by atoms with Gasteiger partial charge >= 0.3 is 0 Å². The Balaban J connectivity index is 1.68. The lowest BCUT2D eigenvalue weighted by Gasteiger charge is -2.07. The van der Waals surface area contributed by atoms with Gasteiger partial charge in [-0.1, -0.05) is 11.6 Å². The summed E-state index contributed by atoms with van der Waals surface area (Å²) in [6.07, 6.45) is 2.37. The molecule has 0 spiro atoms. The zero-order chi connectivity index (χ0) is 13.4. The first kappa shape index (κ1) is 12.1. The largest absolute Gasteiger partial charge is 0.506 e. The lowest BCUT2D eigenvalue weighted by Crippen LogP contribution is -2.14. The van der Waals surface area contributed by atoms with Crippen LogP contribution in [0.25, 0.3) is 0 Å². The van der Waals surface area contributed by atoms with Crippen molar-refractivity contribution < 1.29 is 14.3 Å². The van der Waals surface area contributed by atoms with E-state index in [1.807, 2.05) is 12.1 Å². The zero-order valence-electron chi connectivity index (χ0n) is 9.97.